The van der Waals surface area contributed by atoms with Gasteiger partial charge in [-0.2, -0.15) is 0 Å². The van der Waals surface area contributed by atoms with Gasteiger partial charge in [0.25, 0.3) is 0 Å². The Morgan fingerprint density at radius 2 is 2.41 bits per heavy atom. The third-order valence-corrected chi connectivity index (χ3v) is 3.75. The normalized spacial score (nSPS) is 25.3. The molecule has 0 aromatic carbocycles. The predicted molar refractivity (Wildman–Crippen MR) is 63.7 cm³/mol. The number of rotatable bonds is 4. The van der Waals surface area contributed by atoms with E-state index in [1.54, 1.807) is 6.20 Å². The summed E-state index contributed by atoms with van der Waals surface area (Å²) < 4.78 is 2.01. The zero-order valence-electron chi connectivity index (χ0n) is 10.3. The molecule has 0 radical (unpaired) electrons. The Kier molecular flexibility index (Phi) is 3.47. The molecule has 2 unspecified atom stereocenters. The van der Waals surface area contributed by atoms with Crippen LogP contribution in [0, 0.1) is 5.92 Å². The molecule has 2 heterocycles. The van der Waals surface area contributed by atoms with Crippen molar-refractivity contribution in [2.45, 2.75) is 25.8 Å². The fraction of sp³-hybridized carbons (Fsp3) is 0.667. The second-order valence-corrected chi connectivity index (χ2v) is 4.71. The molecule has 0 aliphatic carbocycles. The first-order valence-electron chi connectivity index (χ1n) is 6.02. The first kappa shape index (κ1) is 12.1. The van der Waals surface area contributed by atoms with Gasteiger partial charge in [-0.05, 0) is 19.9 Å². The lowest BCUT2D eigenvalue weighted by molar-refractivity contribution is -0.142. The molecule has 5 nitrogen and oxygen atoms in total. The summed E-state index contributed by atoms with van der Waals surface area (Å²) in [5.41, 5.74) is 0. The molecule has 1 aromatic rings. The van der Waals surface area contributed by atoms with Crippen molar-refractivity contribution in [2.75, 3.05) is 13.1 Å². The smallest absolute Gasteiger partial charge is 0.308 e. The molecule has 1 fully saturated rings. The van der Waals surface area contributed by atoms with E-state index in [1.807, 2.05) is 24.7 Å². The van der Waals surface area contributed by atoms with Crippen LogP contribution in [0.5, 0.6) is 0 Å². The van der Waals surface area contributed by atoms with Gasteiger partial charge < -0.3 is 9.67 Å². The molecule has 5 heteroatoms. The molecule has 1 aromatic heterocycles. The van der Waals surface area contributed by atoms with Gasteiger partial charge in [0.05, 0.1) is 5.92 Å². The van der Waals surface area contributed by atoms with Crippen LogP contribution >= 0.6 is 0 Å². The summed E-state index contributed by atoms with van der Waals surface area (Å²) in [6.45, 7) is 3.77. The van der Waals surface area contributed by atoms with Crippen LogP contribution in [0.2, 0.25) is 0 Å². The van der Waals surface area contributed by atoms with E-state index in [1.165, 1.54) is 0 Å². The summed E-state index contributed by atoms with van der Waals surface area (Å²) >= 11 is 0. The third-order valence-electron chi connectivity index (χ3n) is 3.75. The van der Waals surface area contributed by atoms with Crippen LogP contribution in [-0.4, -0.2) is 44.7 Å². The van der Waals surface area contributed by atoms with Crippen LogP contribution in [0.4, 0.5) is 0 Å². The number of aryl methyl sites for hydroxylation is 1. The monoisotopic (exact) mass is 237 g/mol. The van der Waals surface area contributed by atoms with Gasteiger partial charge >= 0.3 is 5.97 Å². The Morgan fingerprint density at radius 1 is 1.65 bits per heavy atom. The second kappa shape index (κ2) is 4.87. The molecule has 2 atom stereocenters. The first-order valence-corrected chi connectivity index (χ1v) is 6.02. The van der Waals surface area contributed by atoms with Gasteiger partial charge in [-0.15, -0.1) is 0 Å². The van der Waals surface area contributed by atoms with Crippen LogP contribution in [0.15, 0.2) is 12.4 Å². The molecule has 17 heavy (non-hydrogen) atoms. The number of carbonyl (C=O) groups is 1. The van der Waals surface area contributed by atoms with E-state index in [0.29, 0.717) is 0 Å². The summed E-state index contributed by atoms with van der Waals surface area (Å²) in [6, 6.07) is 0.132. The van der Waals surface area contributed by atoms with Crippen LogP contribution in [-0.2, 0) is 18.3 Å². The average molecular weight is 237 g/mol. The molecule has 0 bridgehead atoms. The molecule has 0 saturated carbocycles. The minimum Gasteiger partial charge on any atom is -0.481 e. The Labute approximate surface area is 101 Å². The van der Waals surface area contributed by atoms with E-state index in [2.05, 4.69) is 9.88 Å². The number of carboxylic acid groups (broad SMARTS) is 1. The fourth-order valence-electron chi connectivity index (χ4n) is 2.53. The average Bonchev–Trinajstić information content (AvgIpc) is 2.82. The van der Waals surface area contributed by atoms with Crippen LogP contribution < -0.4 is 0 Å². The minimum atomic E-state index is -0.669. The molecule has 1 aliphatic heterocycles. The number of hydrogen-bond acceptors (Lipinski definition) is 3. The Bertz CT molecular complexity index is 402. The molecule has 94 valence electrons. The van der Waals surface area contributed by atoms with Gasteiger partial charge in [0, 0.05) is 38.4 Å². The predicted octanol–water partition coefficient (Wildman–Crippen LogP) is 0.758. The summed E-state index contributed by atoms with van der Waals surface area (Å²) in [7, 11) is 1.98. The molecular formula is C12H19N3O2. The largest absolute Gasteiger partial charge is 0.481 e. The Balaban J connectivity index is 1.89. The van der Waals surface area contributed by atoms with Crippen LogP contribution in [0.1, 0.15) is 19.2 Å². The van der Waals surface area contributed by atoms with Gasteiger partial charge in [-0.3, -0.25) is 9.69 Å². The van der Waals surface area contributed by atoms with Crippen molar-refractivity contribution >= 4 is 5.97 Å². The fourth-order valence-corrected chi connectivity index (χ4v) is 2.53. The van der Waals surface area contributed by atoms with Gasteiger partial charge in [0.15, 0.2) is 0 Å². The number of imidazole rings is 1. The topological polar surface area (TPSA) is 58.4 Å². The summed E-state index contributed by atoms with van der Waals surface area (Å²) in [5, 5.41) is 9.05. The number of likely N-dealkylation sites (tertiary alicyclic amines) is 1. The van der Waals surface area contributed by atoms with Gasteiger partial charge in [0.1, 0.15) is 5.82 Å². The lowest BCUT2D eigenvalue weighted by atomic mass is 10.0. The molecule has 0 amide bonds. The maximum Gasteiger partial charge on any atom is 0.308 e. The highest BCUT2D eigenvalue weighted by Gasteiger charge is 2.35. The Morgan fingerprint density at radius 3 is 2.94 bits per heavy atom. The zero-order valence-corrected chi connectivity index (χ0v) is 10.3. The molecule has 2 rings (SSSR count). The van der Waals surface area contributed by atoms with Crippen LogP contribution in [0.3, 0.4) is 0 Å². The van der Waals surface area contributed by atoms with Crippen molar-refractivity contribution in [1.82, 2.24) is 14.5 Å². The standard InChI is InChI=1S/C12H19N3O2/c1-9-10(12(16)17)3-6-15(9)7-4-11-13-5-8-14(11)2/h5,8-10H,3-4,6-7H2,1-2H3,(H,16,17). The summed E-state index contributed by atoms with van der Waals surface area (Å²) in [6.07, 6.45) is 5.36. The van der Waals surface area contributed by atoms with Crippen molar-refractivity contribution in [3.63, 3.8) is 0 Å². The highest BCUT2D eigenvalue weighted by molar-refractivity contribution is 5.71. The number of carboxylic acids is 1. The van der Waals surface area contributed by atoms with E-state index in [9.17, 15) is 4.79 Å². The second-order valence-electron chi connectivity index (χ2n) is 4.71. The van der Waals surface area contributed by atoms with Crippen molar-refractivity contribution in [2.24, 2.45) is 13.0 Å². The number of aromatic nitrogens is 2. The van der Waals surface area contributed by atoms with Gasteiger partial charge in [-0.1, -0.05) is 0 Å². The minimum absolute atomic E-state index is 0.132. The zero-order chi connectivity index (χ0) is 12.4. The van der Waals surface area contributed by atoms with Gasteiger partial charge in [0.2, 0.25) is 0 Å². The molecule has 1 N–H and O–H groups in total. The van der Waals surface area contributed by atoms with E-state index < -0.39 is 5.97 Å². The molecular weight excluding hydrogens is 218 g/mol. The van der Waals surface area contributed by atoms with E-state index >= 15 is 0 Å². The quantitative estimate of drug-likeness (QED) is 0.840. The molecule has 0 spiro atoms. The van der Waals surface area contributed by atoms with E-state index in [-0.39, 0.29) is 12.0 Å². The summed E-state index contributed by atoms with van der Waals surface area (Å²) in [4.78, 5) is 17.5. The van der Waals surface area contributed by atoms with Gasteiger partial charge in [-0.25, -0.2) is 4.98 Å². The SMILES string of the molecule is CC1C(C(=O)O)CCN1CCc1nccn1C. The van der Waals surface area contributed by atoms with Crippen molar-refractivity contribution < 1.29 is 9.90 Å². The van der Waals surface area contributed by atoms with E-state index in [4.69, 9.17) is 5.11 Å². The Hall–Kier alpha value is -1.36. The number of hydrogen-bond donors (Lipinski definition) is 1. The summed E-state index contributed by atoms with van der Waals surface area (Å²) in [5.74, 6) is 0.171. The lowest BCUT2D eigenvalue weighted by Crippen LogP contribution is -2.34. The van der Waals surface area contributed by atoms with Crippen LogP contribution in [0.25, 0.3) is 0 Å². The highest BCUT2D eigenvalue weighted by Crippen LogP contribution is 2.24. The maximum absolute atomic E-state index is 11.0. The number of aliphatic carboxylic acids is 1. The third kappa shape index (κ3) is 2.49. The lowest BCUT2D eigenvalue weighted by Gasteiger charge is -2.22. The first-order chi connectivity index (χ1) is 8.09. The maximum atomic E-state index is 11.0. The molecule has 1 aliphatic rings. The highest BCUT2D eigenvalue weighted by atomic mass is 16.4. The van der Waals surface area contributed by atoms with Crippen molar-refractivity contribution in [3.05, 3.63) is 18.2 Å². The van der Waals surface area contributed by atoms with Crippen molar-refractivity contribution in [1.29, 1.82) is 0 Å². The van der Waals surface area contributed by atoms with Crippen molar-refractivity contribution in [3.8, 4) is 0 Å². The van der Waals surface area contributed by atoms with E-state index in [0.717, 1.165) is 31.8 Å². The molecule has 1 saturated heterocycles. The number of nitrogens with zero attached hydrogens (tertiary/aromatic N) is 3.